The molecule has 5 nitrogen and oxygen atoms in total. The van der Waals surface area contributed by atoms with E-state index in [1.54, 1.807) is 13.3 Å². The third kappa shape index (κ3) is 3.66. The first-order chi connectivity index (χ1) is 10.0. The van der Waals surface area contributed by atoms with Gasteiger partial charge in [-0.05, 0) is 25.5 Å². The lowest BCUT2D eigenvalue weighted by Crippen LogP contribution is -2.16. The van der Waals surface area contributed by atoms with Gasteiger partial charge in [-0.15, -0.1) is 0 Å². The van der Waals surface area contributed by atoms with Crippen molar-refractivity contribution in [1.29, 1.82) is 0 Å². The molecule has 0 aromatic carbocycles. The van der Waals surface area contributed by atoms with Gasteiger partial charge in [-0.1, -0.05) is 18.3 Å². The van der Waals surface area contributed by atoms with Crippen LogP contribution in [0.3, 0.4) is 0 Å². The molecule has 110 valence electrons. The van der Waals surface area contributed by atoms with E-state index in [1.807, 2.05) is 32.0 Å². The molecule has 6 heteroatoms. The van der Waals surface area contributed by atoms with Crippen LogP contribution in [0.15, 0.2) is 24.4 Å². The first-order valence-corrected chi connectivity index (χ1v) is 6.93. The summed E-state index contributed by atoms with van der Waals surface area (Å²) in [6, 6.07) is 5.73. The SMILES string of the molecule is COc1ccc(CNc2cc(C)nc(C)c2C(N)=S)cn1. The number of methoxy groups -OCH3 is 1. The predicted molar refractivity (Wildman–Crippen MR) is 87.7 cm³/mol. The van der Waals surface area contributed by atoms with Crippen molar-refractivity contribution >= 4 is 22.9 Å². The number of nitrogens with two attached hydrogens (primary N) is 1. The number of nitrogens with one attached hydrogen (secondary N) is 1. The van der Waals surface area contributed by atoms with Gasteiger partial charge in [0.25, 0.3) is 0 Å². The minimum Gasteiger partial charge on any atom is -0.481 e. The van der Waals surface area contributed by atoms with E-state index in [2.05, 4.69) is 15.3 Å². The molecule has 0 saturated carbocycles. The molecule has 21 heavy (non-hydrogen) atoms. The first kappa shape index (κ1) is 15.2. The summed E-state index contributed by atoms with van der Waals surface area (Å²) in [5.74, 6) is 0.596. The molecule has 2 aromatic heterocycles. The first-order valence-electron chi connectivity index (χ1n) is 6.52. The molecule has 2 aromatic rings. The molecule has 0 bridgehead atoms. The Labute approximate surface area is 129 Å². The molecular weight excluding hydrogens is 284 g/mol. The zero-order chi connectivity index (χ0) is 15.4. The van der Waals surface area contributed by atoms with Gasteiger partial charge in [0.05, 0.1) is 12.7 Å². The zero-order valence-electron chi connectivity index (χ0n) is 12.3. The second kappa shape index (κ2) is 6.49. The van der Waals surface area contributed by atoms with Crippen molar-refractivity contribution in [3.8, 4) is 5.88 Å². The molecule has 0 aliphatic rings. The summed E-state index contributed by atoms with van der Waals surface area (Å²) in [5, 5.41) is 3.34. The Morgan fingerprint density at radius 2 is 2.14 bits per heavy atom. The van der Waals surface area contributed by atoms with Crippen LogP contribution in [-0.2, 0) is 6.54 Å². The third-order valence-electron chi connectivity index (χ3n) is 3.06. The highest BCUT2D eigenvalue weighted by Gasteiger charge is 2.11. The highest BCUT2D eigenvalue weighted by molar-refractivity contribution is 7.80. The maximum atomic E-state index is 5.79. The maximum absolute atomic E-state index is 5.79. The Balaban J connectivity index is 2.20. The summed E-state index contributed by atoms with van der Waals surface area (Å²) in [4.78, 5) is 8.92. The monoisotopic (exact) mass is 302 g/mol. The number of aromatic nitrogens is 2. The van der Waals surface area contributed by atoms with E-state index in [9.17, 15) is 0 Å². The normalized spacial score (nSPS) is 10.2. The van der Waals surface area contributed by atoms with Gasteiger partial charge in [-0.3, -0.25) is 4.98 Å². The fourth-order valence-electron chi connectivity index (χ4n) is 2.11. The van der Waals surface area contributed by atoms with Crippen LogP contribution >= 0.6 is 12.2 Å². The van der Waals surface area contributed by atoms with E-state index in [0.717, 1.165) is 28.2 Å². The molecule has 0 aliphatic carbocycles. The molecule has 2 heterocycles. The van der Waals surface area contributed by atoms with E-state index < -0.39 is 0 Å². The van der Waals surface area contributed by atoms with Crippen molar-refractivity contribution in [2.24, 2.45) is 5.73 Å². The fraction of sp³-hybridized carbons (Fsp3) is 0.267. The highest BCUT2D eigenvalue weighted by Crippen LogP contribution is 2.20. The molecule has 2 rings (SSSR count). The van der Waals surface area contributed by atoms with Gasteiger partial charge in [0.15, 0.2) is 0 Å². The van der Waals surface area contributed by atoms with E-state index in [1.165, 1.54) is 0 Å². The lowest BCUT2D eigenvalue weighted by molar-refractivity contribution is 0.397. The van der Waals surface area contributed by atoms with Crippen molar-refractivity contribution < 1.29 is 4.74 Å². The van der Waals surface area contributed by atoms with E-state index in [4.69, 9.17) is 22.7 Å². The number of thiocarbonyl (C=S) groups is 1. The Bertz CT molecular complexity index is 655. The standard InChI is InChI=1S/C15H18N4OS/c1-9-6-12(14(15(16)21)10(2)19-9)17-7-11-4-5-13(20-3)18-8-11/h4-6,8H,7H2,1-3H3,(H2,16,21)(H,17,19). The largest absolute Gasteiger partial charge is 0.481 e. The number of hydrogen-bond acceptors (Lipinski definition) is 5. The second-order valence-electron chi connectivity index (χ2n) is 4.70. The molecule has 0 saturated heterocycles. The molecule has 0 aliphatic heterocycles. The van der Waals surface area contributed by atoms with Gasteiger partial charge in [0.2, 0.25) is 5.88 Å². The van der Waals surface area contributed by atoms with Gasteiger partial charge in [-0.25, -0.2) is 4.98 Å². The summed E-state index contributed by atoms with van der Waals surface area (Å²) < 4.78 is 5.04. The molecule has 0 amide bonds. The number of aryl methyl sites for hydroxylation is 2. The average Bonchev–Trinajstić information content (AvgIpc) is 2.44. The number of rotatable bonds is 5. The van der Waals surface area contributed by atoms with Gasteiger partial charge >= 0.3 is 0 Å². The van der Waals surface area contributed by atoms with Crippen LogP contribution in [0.2, 0.25) is 0 Å². The van der Waals surface area contributed by atoms with Crippen LogP contribution in [0.25, 0.3) is 0 Å². The van der Waals surface area contributed by atoms with Gasteiger partial charge < -0.3 is 15.8 Å². The number of pyridine rings is 2. The summed E-state index contributed by atoms with van der Waals surface area (Å²) in [7, 11) is 1.59. The summed E-state index contributed by atoms with van der Waals surface area (Å²) in [6.07, 6.45) is 1.77. The highest BCUT2D eigenvalue weighted by atomic mass is 32.1. The van der Waals surface area contributed by atoms with Crippen molar-refractivity contribution in [3.63, 3.8) is 0 Å². The second-order valence-corrected chi connectivity index (χ2v) is 5.14. The van der Waals surface area contributed by atoms with Crippen LogP contribution in [-0.4, -0.2) is 22.1 Å². The molecule has 3 N–H and O–H groups in total. The lowest BCUT2D eigenvalue weighted by atomic mass is 10.1. The Hall–Kier alpha value is -2.21. The minimum absolute atomic E-state index is 0.343. The Morgan fingerprint density at radius 1 is 1.38 bits per heavy atom. The van der Waals surface area contributed by atoms with Crippen molar-refractivity contribution in [2.45, 2.75) is 20.4 Å². The Kier molecular flexibility index (Phi) is 4.70. The van der Waals surface area contributed by atoms with E-state index in [-0.39, 0.29) is 0 Å². The lowest BCUT2D eigenvalue weighted by Gasteiger charge is -2.14. The van der Waals surface area contributed by atoms with Crippen LogP contribution in [0.1, 0.15) is 22.5 Å². The molecule has 0 unspecified atom stereocenters. The fourth-order valence-corrected chi connectivity index (χ4v) is 2.37. The smallest absolute Gasteiger partial charge is 0.212 e. The maximum Gasteiger partial charge on any atom is 0.212 e. The van der Waals surface area contributed by atoms with Gasteiger partial charge in [-0.2, -0.15) is 0 Å². The number of nitrogens with zero attached hydrogens (tertiary/aromatic N) is 2. The topological polar surface area (TPSA) is 73.1 Å². The molecule has 0 fully saturated rings. The van der Waals surface area contributed by atoms with E-state index in [0.29, 0.717) is 17.4 Å². The van der Waals surface area contributed by atoms with Crippen molar-refractivity contribution in [3.05, 3.63) is 46.9 Å². The third-order valence-corrected chi connectivity index (χ3v) is 3.27. The summed E-state index contributed by atoms with van der Waals surface area (Å²) >= 11 is 5.11. The van der Waals surface area contributed by atoms with Gasteiger partial charge in [0, 0.05) is 35.9 Å². The van der Waals surface area contributed by atoms with E-state index >= 15 is 0 Å². The number of hydrogen-bond donors (Lipinski definition) is 2. The molecule has 0 radical (unpaired) electrons. The summed E-state index contributed by atoms with van der Waals surface area (Å²) in [5.41, 5.74) is 10.3. The molecule has 0 atom stereocenters. The Morgan fingerprint density at radius 3 is 2.71 bits per heavy atom. The zero-order valence-corrected chi connectivity index (χ0v) is 13.1. The quantitative estimate of drug-likeness (QED) is 0.826. The van der Waals surface area contributed by atoms with Crippen LogP contribution in [0.5, 0.6) is 5.88 Å². The summed E-state index contributed by atoms with van der Waals surface area (Å²) in [6.45, 7) is 4.47. The molecule has 0 spiro atoms. The number of ether oxygens (including phenoxy) is 1. The van der Waals surface area contributed by atoms with Gasteiger partial charge in [0.1, 0.15) is 4.99 Å². The van der Waals surface area contributed by atoms with Crippen LogP contribution < -0.4 is 15.8 Å². The molecular formula is C15H18N4OS. The van der Waals surface area contributed by atoms with Crippen molar-refractivity contribution in [1.82, 2.24) is 9.97 Å². The predicted octanol–water partition coefficient (Wildman–Crippen LogP) is 2.35. The number of anilines is 1. The van der Waals surface area contributed by atoms with Crippen molar-refractivity contribution in [2.75, 3.05) is 12.4 Å². The van der Waals surface area contributed by atoms with Crippen LogP contribution in [0.4, 0.5) is 5.69 Å². The average molecular weight is 302 g/mol. The minimum atomic E-state index is 0.343. The van der Waals surface area contributed by atoms with Crippen LogP contribution in [0, 0.1) is 13.8 Å².